The summed E-state index contributed by atoms with van der Waals surface area (Å²) in [5.41, 5.74) is 4.49. The molecule has 3 heterocycles. The first-order chi connectivity index (χ1) is 18.3. The Labute approximate surface area is 230 Å². The van der Waals surface area contributed by atoms with Crippen LogP contribution in [-0.2, 0) is 9.53 Å². The van der Waals surface area contributed by atoms with Gasteiger partial charge < -0.3 is 14.4 Å². The molecule has 0 radical (unpaired) electrons. The van der Waals surface area contributed by atoms with Crippen LogP contribution in [0.5, 0.6) is 5.75 Å². The average molecular weight is 552 g/mol. The SMILES string of the molecule is CCOC(=O)C1=C(C)N=c2s/c(=C\c3ccc(N4CCCC4)c(C)c3)c(=O)n2[C@@H]1c1cc(Cl)ccc1OC. The highest BCUT2D eigenvalue weighted by Gasteiger charge is 2.35. The van der Waals surface area contributed by atoms with E-state index in [-0.39, 0.29) is 17.7 Å². The van der Waals surface area contributed by atoms with Gasteiger partial charge in [0.05, 0.1) is 29.5 Å². The average Bonchev–Trinajstić information content (AvgIpc) is 3.52. The summed E-state index contributed by atoms with van der Waals surface area (Å²) >= 11 is 7.66. The number of halogens is 1. The molecule has 198 valence electrons. The highest BCUT2D eigenvalue weighted by molar-refractivity contribution is 7.07. The maximum absolute atomic E-state index is 13.9. The largest absolute Gasteiger partial charge is 0.496 e. The van der Waals surface area contributed by atoms with Crippen LogP contribution in [0, 0.1) is 6.92 Å². The van der Waals surface area contributed by atoms with Gasteiger partial charge in [0.2, 0.25) is 0 Å². The van der Waals surface area contributed by atoms with Crippen molar-refractivity contribution in [2.45, 2.75) is 39.7 Å². The number of nitrogens with zero attached hydrogens (tertiary/aromatic N) is 3. The number of aromatic nitrogens is 1. The Morgan fingerprint density at radius 2 is 1.95 bits per heavy atom. The number of rotatable bonds is 6. The van der Waals surface area contributed by atoms with Crippen molar-refractivity contribution in [2.24, 2.45) is 4.99 Å². The number of hydrogen-bond donors (Lipinski definition) is 0. The summed E-state index contributed by atoms with van der Waals surface area (Å²) in [6.45, 7) is 7.96. The van der Waals surface area contributed by atoms with Gasteiger partial charge in [-0.05, 0) is 81.1 Å². The first-order valence-corrected chi connectivity index (χ1v) is 13.9. The van der Waals surface area contributed by atoms with E-state index in [9.17, 15) is 9.59 Å². The Kier molecular flexibility index (Phi) is 7.45. The van der Waals surface area contributed by atoms with Crippen LogP contribution in [0.3, 0.4) is 0 Å². The molecule has 2 aliphatic heterocycles. The zero-order valence-corrected chi connectivity index (χ0v) is 23.5. The molecule has 9 heteroatoms. The summed E-state index contributed by atoms with van der Waals surface area (Å²) in [4.78, 5) is 34.6. The second-order valence-electron chi connectivity index (χ2n) is 9.43. The van der Waals surface area contributed by atoms with E-state index in [2.05, 4.69) is 28.9 Å². The number of carbonyl (C=O) groups excluding carboxylic acids is 1. The molecule has 0 bridgehead atoms. The fourth-order valence-corrected chi connectivity index (χ4v) is 6.46. The molecule has 1 aromatic heterocycles. The molecule has 3 aromatic rings. The Morgan fingerprint density at radius 3 is 2.63 bits per heavy atom. The molecule has 2 aliphatic rings. The molecule has 0 aliphatic carbocycles. The number of anilines is 1. The Balaban J connectivity index is 1.67. The van der Waals surface area contributed by atoms with Crippen LogP contribution in [0.2, 0.25) is 5.02 Å². The standard InChI is InChI=1S/C29H30ClN3O4S/c1-5-37-28(35)25-18(3)31-29-33(26(25)21-16-20(30)9-11-23(21)36-4)27(34)24(38-29)15-19-8-10-22(17(2)14-19)32-12-6-7-13-32/h8-11,14-16,26H,5-7,12-13H2,1-4H3/b24-15-/t26-/m1/s1. The summed E-state index contributed by atoms with van der Waals surface area (Å²) < 4.78 is 13.1. The number of methoxy groups -OCH3 is 1. The molecular formula is C29H30ClN3O4S. The predicted molar refractivity (Wildman–Crippen MR) is 151 cm³/mol. The van der Waals surface area contributed by atoms with Crippen molar-refractivity contribution in [1.82, 2.24) is 4.57 Å². The van der Waals surface area contributed by atoms with Crippen molar-refractivity contribution in [1.29, 1.82) is 0 Å². The number of fused-ring (bicyclic) bond motifs is 1. The Bertz CT molecular complexity index is 1620. The van der Waals surface area contributed by atoms with Gasteiger partial charge in [-0.15, -0.1) is 0 Å². The molecule has 1 fully saturated rings. The summed E-state index contributed by atoms with van der Waals surface area (Å²) in [5.74, 6) is -0.0122. The van der Waals surface area contributed by atoms with Gasteiger partial charge >= 0.3 is 5.97 Å². The number of hydrogen-bond acceptors (Lipinski definition) is 7. The first kappa shape index (κ1) is 26.3. The summed E-state index contributed by atoms with van der Waals surface area (Å²) in [6, 6.07) is 10.7. The van der Waals surface area contributed by atoms with Crippen LogP contribution < -0.4 is 24.5 Å². The van der Waals surface area contributed by atoms with Crippen LogP contribution in [0.4, 0.5) is 5.69 Å². The zero-order chi connectivity index (χ0) is 27.0. The number of ether oxygens (including phenoxy) is 2. The third kappa shape index (κ3) is 4.78. The lowest BCUT2D eigenvalue weighted by atomic mass is 9.95. The van der Waals surface area contributed by atoms with Gasteiger partial charge in [-0.25, -0.2) is 9.79 Å². The van der Waals surface area contributed by atoms with E-state index < -0.39 is 12.0 Å². The summed E-state index contributed by atoms with van der Waals surface area (Å²) in [5, 5.41) is 0.467. The van der Waals surface area contributed by atoms with E-state index in [4.69, 9.17) is 21.1 Å². The number of esters is 1. The molecular weight excluding hydrogens is 522 g/mol. The third-order valence-electron chi connectivity index (χ3n) is 6.97. The number of benzene rings is 2. The normalized spacial score (nSPS) is 17.4. The number of aryl methyl sites for hydroxylation is 1. The number of thiazole rings is 1. The quantitative estimate of drug-likeness (QED) is 0.425. The maximum atomic E-state index is 13.9. The number of allylic oxidation sites excluding steroid dienone is 1. The maximum Gasteiger partial charge on any atom is 0.338 e. The molecule has 1 atom stereocenters. The van der Waals surface area contributed by atoms with E-state index in [0.29, 0.717) is 31.4 Å². The van der Waals surface area contributed by atoms with E-state index in [0.717, 1.165) is 18.7 Å². The third-order valence-corrected chi connectivity index (χ3v) is 8.19. The van der Waals surface area contributed by atoms with Gasteiger partial charge in [0.25, 0.3) is 5.56 Å². The van der Waals surface area contributed by atoms with E-state index >= 15 is 0 Å². The smallest absolute Gasteiger partial charge is 0.338 e. The van der Waals surface area contributed by atoms with Gasteiger partial charge in [-0.2, -0.15) is 0 Å². The molecule has 38 heavy (non-hydrogen) atoms. The number of carbonyl (C=O) groups is 1. The van der Waals surface area contributed by atoms with Crippen molar-refractivity contribution in [2.75, 3.05) is 31.7 Å². The highest BCUT2D eigenvalue weighted by Crippen LogP contribution is 2.37. The van der Waals surface area contributed by atoms with Crippen molar-refractivity contribution < 1.29 is 14.3 Å². The molecule has 0 saturated carbocycles. The second-order valence-corrected chi connectivity index (χ2v) is 10.9. The van der Waals surface area contributed by atoms with Gasteiger partial charge in [-0.3, -0.25) is 9.36 Å². The Morgan fingerprint density at radius 1 is 1.18 bits per heavy atom. The lowest BCUT2D eigenvalue weighted by Crippen LogP contribution is -2.40. The van der Waals surface area contributed by atoms with Crippen molar-refractivity contribution >= 4 is 40.7 Å². The monoisotopic (exact) mass is 551 g/mol. The molecule has 2 aromatic carbocycles. The summed E-state index contributed by atoms with van der Waals surface area (Å²) in [6.07, 6.45) is 4.32. The topological polar surface area (TPSA) is 73.1 Å². The van der Waals surface area contributed by atoms with Gasteiger partial charge in [0.15, 0.2) is 4.80 Å². The van der Waals surface area contributed by atoms with Crippen LogP contribution in [0.15, 0.2) is 57.5 Å². The molecule has 0 unspecified atom stereocenters. The van der Waals surface area contributed by atoms with Crippen molar-refractivity contribution in [3.05, 3.63) is 89.1 Å². The molecule has 7 nitrogen and oxygen atoms in total. The van der Waals surface area contributed by atoms with Crippen LogP contribution >= 0.6 is 22.9 Å². The van der Waals surface area contributed by atoms with Crippen LogP contribution in [0.25, 0.3) is 6.08 Å². The van der Waals surface area contributed by atoms with Crippen LogP contribution in [0.1, 0.15) is 49.4 Å². The minimum Gasteiger partial charge on any atom is -0.496 e. The van der Waals surface area contributed by atoms with Crippen LogP contribution in [-0.4, -0.2) is 37.3 Å². The lowest BCUT2D eigenvalue weighted by molar-refractivity contribution is -0.139. The van der Waals surface area contributed by atoms with Crippen molar-refractivity contribution in [3.63, 3.8) is 0 Å². The minimum absolute atomic E-state index is 0.201. The highest BCUT2D eigenvalue weighted by atomic mass is 35.5. The fourth-order valence-electron chi connectivity index (χ4n) is 5.24. The molecule has 0 amide bonds. The second kappa shape index (κ2) is 10.8. The molecule has 1 saturated heterocycles. The summed E-state index contributed by atoms with van der Waals surface area (Å²) in [7, 11) is 1.55. The van der Waals surface area contributed by atoms with Gasteiger partial charge in [0, 0.05) is 29.4 Å². The van der Waals surface area contributed by atoms with E-state index in [1.807, 2.05) is 12.1 Å². The molecule has 5 rings (SSSR count). The van der Waals surface area contributed by atoms with Gasteiger partial charge in [-0.1, -0.05) is 29.0 Å². The minimum atomic E-state index is -0.791. The zero-order valence-electron chi connectivity index (χ0n) is 21.9. The van der Waals surface area contributed by atoms with E-state index in [1.165, 1.54) is 35.4 Å². The predicted octanol–water partition coefficient (Wildman–Crippen LogP) is 4.37. The van der Waals surface area contributed by atoms with Crippen molar-refractivity contribution in [3.8, 4) is 5.75 Å². The Hall–Kier alpha value is -3.36. The molecule has 0 spiro atoms. The van der Waals surface area contributed by atoms with Gasteiger partial charge in [0.1, 0.15) is 11.8 Å². The van der Waals surface area contributed by atoms with E-state index in [1.54, 1.807) is 43.7 Å². The fraction of sp³-hybridized carbons (Fsp3) is 0.345. The molecule has 0 N–H and O–H groups in total. The lowest BCUT2D eigenvalue weighted by Gasteiger charge is -2.26. The first-order valence-electron chi connectivity index (χ1n) is 12.7.